The molecule has 2 unspecified atom stereocenters. The fourth-order valence-corrected chi connectivity index (χ4v) is 10.7. The van der Waals surface area contributed by atoms with Crippen molar-refractivity contribution in [3.05, 3.63) is 87.2 Å². The third kappa shape index (κ3) is 6.61. The van der Waals surface area contributed by atoms with Crippen molar-refractivity contribution in [3.8, 4) is 39.8 Å². The number of halogens is 4. The van der Waals surface area contributed by atoms with E-state index >= 15 is 0 Å². The number of aromatic nitrogens is 2. The van der Waals surface area contributed by atoms with E-state index < -0.39 is 35.2 Å². The summed E-state index contributed by atoms with van der Waals surface area (Å²) in [5.74, 6) is -0.00468. The summed E-state index contributed by atoms with van der Waals surface area (Å²) in [6, 6.07) is 16.5. The Kier molecular flexibility index (Phi) is 9.68. The second-order valence-corrected chi connectivity index (χ2v) is 17.0. The lowest BCUT2D eigenvalue weighted by atomic mass is 9.67. The fourth-order valence-electron chi connectivity index (χ4n) is 10.3. The van der Waals surface area contributed by atoms with Crippen molar-refractivity contribution >= 4 is 17.6 Å². The van der Waals surface area contributed by atoms with Crippen LogP contribution in [0.4, 0.5) is 13.2 Å². The van der Waals surface area contributed by atoms with E-state index in [2.05, 4.69) is 33.9 Å². The van der Waals surface area contributed by atoms with E-state index in [0.29, 0.717) is 55.5 Å². The third-order valence-electron chi connectivity index (χ3n) is 13.2. The molecule has 300 valence electrons. The molecule has 1 N–H and O–H groups in total. The molecule has 4 fully saturated rings. The van der Waals surface area contributed by atoms with E-state index in [0.717, 1.165) is 65.1 Å². The molecule has 4 heterocycles. The maximum Gasteiger partial charge on any atom is 0.438 e. The zero-order valence-electron chi connectivity index (χ0n) is 32.3. The molecule has 3 saturated heterocycles. The number of aryl methyl sites for hydroxylation is 1. The van der Waals surface area contributed by atoms with Crippen LogP contribution in [0.25, 0.3) is 22.3 Å². The maximum atomic E-state index is 14.7. The first-order chi connectivity index (χ1) is 27.4. The zero-order chi connectivity index (χ0) is 39.8. The number of benzene rings is 3. The van der Waals surface area contributed by atoms with Gasteiger partial charge in [0.1, 0.15) is 17.5 Å². The van der Waals surface area contributed by atoms with Gasteiger partial charge in [-0.2, -0.15) is 18.2 Å². The number of alkyl halides is 3. The Labute approximate surface area is 335 Å². The van der Waals surface area contributed by atoms with Crippen LogP contribution in [0, 0.1) is 11.3 Å². The number of carbonyl (C=O) groups is 1. The molecule has 1 aromatic heterocycles. The highest BCUT2D eigenvalue weighted by molar-refractivity contribution is 6.36. The zero-order valence-corrected chi connectivity index (χ0v) is 33.1. The highest BCUT2D eigenvalue weighted by Gasteiger charge is 2.50. The van der Waals surface area contributed by atoms with Gasteiger partial charge in [0.05, 0.1) is 24.7 Å². The average Bonchev–Trinajstić information content (AvgIpc) is 3.81. The number of aliphatic carboxylic acids is 1. The quantitative estimate of drug-likeness (QED) is 0.168. The van der Waals surface area contributed by atoms with Gasteiger partial charge in [0, 0.05) is 55.0 Å². The van der Waals surface area contributed by atoms with Crippen molar-refractivity contribution in [2.45, 2.75) is 89.2 Å². The van der Waals surface area contributed by atoms with Gasteiger partial charge in [0.25, 0.3) is 0 Å². The highest BCUT2D eigenvalue weighted by atomic mass is 35.5. The number of carboxylic acids is 1. The third-order valence-corrected chi connectivity index (χ3v) is 13.6. The molecule has 3 aliphatic carbocycles. The summed E-state index contributed by atoms with van der Waals surface area (Å²) in [6.45, 7) is 4.72. The number of likely N-dealkylation sites (tertiary alicyclic amines) is 1. The Morgan fingerprint density at radius 2 is 1.68 bits per heavy atom. The normalized spacial score (nSPS) is 24.6. The lowest BCUT2D eigenvalue weighted by Gasteiger charge is -2.50. The number of ether oxygens (including phenoxy) is 3. The van der Waals surface area contributed by atoms with Crippen LogP contribution in [0.5, 0.6) is 17.5 Å². The van der Waals surface area contributed by atoms with Gasteiger partial charge in [0.2, 0.25) is 17.5 Å². The van der Waals surface area contributed by atoms with E-state index in [9.17, 15) is 23.1 Å². The molecular weight excluding hydrogens is 757 g/mol. The predicted octanol–water partition coefficient (Wildman–Crippen LogP) is 9.33. The summed E-state index contributed by atoms with van der Waals surface area (Å²) in [5.41, 5.74) is 5.74. The number of piperidine rings is 2. The van der Waals surface area contributed by atoms with Crippen LogP contribution >= 0.6 is 11.6 Å². The molecule has 6 aliphatic rings. The van der Waals surface area contributed by atoms with Gasteiger partial charge in [-0.3, -0.25) is 14.6 Å². The summed E-state index contributed by atoms with van der Waals surface area (Å²) in [6.07, 6.45) is -0.120. The minimum absolute atomic E-state index is 0.000444. The smallest absolute Gasteiger partial charge is 0.438 e. The molecule has 10 rings (SSSR count). The van der Waals surface area contributed by atoms with E-state index in [-0.39, 0.29) is 30.7 Å². The van der Waals surface area contributed by atoms with Crippen molar-refractivity contribution in [1.29, 1.82) is 0 Å². The molecule has 57 heavy (non-hydrogen) atoms. The monoisotopic (exact) mass is 802 g/mol. The van der Waals surface area contributed by atoms with Crippen LogP contribution in [0.3, 0.4) is 0 Å². The molecule has 1 saturated carbocycles. The minimum atomic E-state index is -4.86. The summed E-state index contributed by atoms with van der Waals surface area (Å²) in [7, 11) is 3.06. The molecule has 3 aliphatic heterocycles. The topological polar surface area (TPSA) is 97.2 Å². The van der Waals surface area contributed by atoms with Gasteiger partial charge in [0.15, 0.2) is 0 Å². The molecule has 2 atom stereocenters. The number of carboxylic acid groups (broad SMARTS) is 1. The van der Waals surface area contributed by atoms with E-state index in [1.54, 1.807) is 7.11 Å². The average molecular weight is 803 g/mol. The van der Waals surface area contributed by atoms with Gasteiger partial charge in [-0.25, -0.2) is 4.98 Å². The number of hydrogen-bond acceptors (Lipinski definition) is 8. The van der Waals surface area contributed by atoms with Crippen LogP contribution in [-0.4, -0.2) is 70.7 Å². The first-order valence-corrected chi connectivity index (χ1v) is 20.3. The number of fused-ring (bicyclic) bond motifs is 5. The molecule has 0 spiro atoms. The molecule has 2 bridgehead atoms. The van der Waals surface area contributed by atoms with Crippen molar-refractivity contribution < 1.29 is 37.3 Å². The fraction of sp³-hybridized carbons (Fsp3) is 0.477. The molecule has 4 aromatic rings. The van der Waals surface area contributed by atoms with E-state index in [1.165, 1.54) is 18.2 Å². The van der Waals surface area contributed by atoms with Crippen molar-refractivity contribution in [2.24, 2.45) is 11.3 Å². The Bertz CT molecular complexity index is 2240. The lowest BCUT2D eigenvalue weighted by molar-refractivity contribution is -0.160. The summed E-state index contributed by atoms with van der Waals surface area (Å²) in [4.78, 5) is 25.0. The van der Waals surface area contributed by atoms with Gasteiger partial charge in [-0.05, 0) is 91.2 Å². The van der Waals surface area contributed by atoms with Crippen LogP contribution < -0.4 is 14.2 Å². The molecule has 3 aromatic carbocycles. The highest BCUT2D eigenvalue weighted by Crippen LogP contribution is 2.50. The van der Waals surface area contributed by atoms with Crippen molar-refractivity contribution in [1.82, 2.24) is 19.8 Å². The van der Waals surface area contributed by atoms with E-state index in [4.69, 9.17) is 25.8 Å². The van der Waals surface area contributed by atoms with Crippen molar-refractivity contribution in [3.63, 3.8) is 0 Å². The largest absolute Gasteiger partial charge is 0.496 e. The first-order valence-electron chi connectivity index (χ1n) is 19.9. The standard InChI is InChI=1S/C44H46ClF3N4O5/c1-24-20-51(21-24)34-12-10-25-18-26(19-36(55-2)37(25)34)28-6-4-9-32(38(28)45)29-7-5-8-31-30(29)11-13-35(31)57-41-39(44(46,47)48)49-33(40(50-41)56-3)22-52-23-43(42(53)54)16-14-27(52)15-17-43/h4-9,18-19,24,27,34-35H,10-17,20-23H2,1-3H3,(H,53,54). The number of hydrogen-bond donors (Lipinski definition) is 1. The second-order valence-electron chi connectivity index (χ2n) is 16.6. The van der Waals surface area contributed by atoms with Crippen LogP contribution in [0.2, 0.25) is 5.02 Å². The molecule has 9 nitrogen and oxygen atoms in total. The first kappa shape index (κ1) is 38.1. The van der Waals surface area contributed by atoms with Gasteiger partial charge in [-0.15, -0.1) is 0 Å². The number of rotatable bonds is 10. The Morgan fingerprint density at radius 3 is 2.39 bits per heavy atom. The number of methoxy groups -OCH3 is 2. The minimum Gasteiger partial charge on any atom is -0.496 e. The van der Waals surface area contributed by atoms with Gasteiger partial charge in [-0.1, -0.05) is 61.0 Å². The van der Waals surface area contributed by atoms with Gasteiger partial charge < -0.3 is 19.3 Å². The predicted molar refractivity (Wildman–Crippen MR) is 209 cm³/mol. The van der Waals surface area contributed by atoms with Crippen molar-refractivity contribution in [2.75, 3.05) is 33.9 Å². The van der Waals surface area contributed by atoms with Crippen LogP contribution in [0.15, 0.2) is 48.5 Å². The van der Waals surface area contributed by atoms with E-state index in [1.807, 2.05) is 41.3 Å². The van der Waals surface area contributed by atoms with Crippen LogP contribution in [0.1, 0.15) is 91.2 Å². The summed E-state index contributed by atoms with van der Waals surface area (Å²) >= 11 is 7.28. The van der Waals surface area contributed by atoms with Crippen LogP contribution in [-0.2, 0) is 30.4 Å². The Balaban J connectivity index is 1.00. The molecule has 13 heteroatoms. The Hall–Kier alpha value is -4.39. The lowest BCUT2D eigenvalue weighted by Crippen LogP contribution is -2.56. The molecule has 0 radical (unpaired) electrons. The van der Waals surface area contributed by atoms with Gasteiger partial charge >= 0.3 is 12.1 Å². The molecular formula is C44H46ClF3N4O5. The molecule has 0 amide bonds. The summed E-state index contributed by atoms with van der Waals surface area (Å²) in [5, 5.41) is 10.6. The Morgan fingerprint density at radius 1 is 0.947 bits per heavy atom. The maximum absolute atomic E-state index is 14.7. The second kappa shape index (κ2) is 14.5. The summed E-state index contributed by atoms with van der Waals surface area (Å²) < 4.78 is 61.8. The number of nitrogens with zero attached hydrogens (tertiary/aromatic N) is 4. The SMILES string of the molecule is COc1cc(-c2cccc(-c3cccc4c3CCC4Oc3nc(OC)c(CN4CC5(C(=O)O)CCC4CC5)nc3C(F)(F)F)c2Cl)cc2c1C(N1CC(C)C1)CC2.